The zero-order valence-corrected chi connectivity index (χ0v) is 20.1. The Bertz CT molecular complexity index is 1160. The number of benzene rings is 2. The minimum absolute atomic E-state index is 0.177. The lowest BCUT2D eigenvalue weighted by Crippen LogP contribution is -2.29. The Labute approximate surface area is 191 Å². The van der Waals surface area contributed by atoms with Crippen molar-refractivity contribution in [2.45, 2.75) is 36.9 Å². The molecule has 0 aliphatic heterocycles. The highest BCUT2D eigenvalue weighted by Crippen LogP contribution is 2.28. The van der Waals surface area contributed by atoms with Crippen molar-refractivity contribution >= 4 is 49.8 Å². The second-order valence-corrected chi connectivity index (χ2v) is 12.0. The lowest BCUT2D eigenvalue weighted by molar-refractivity contribution is 0.102. The molecule has 0 spiro atoms. The van der Waals surface area contributed by atoms with E-state index in [0.717, 1.165) is 15.5 Å². The van der Waals surface area contributed by atoms with E-state index in [1.165, 1.54) is 21.9 Å². The van der Waals surface area contributed by atoms with Gasteiger partial charge in [0.2, 0.25) is 15.2 Å². The Morgan fingerprint density at radius 2 is 1.87 bits per heavy atom. The molecule has 2 aromatic carbocycles. The van der Waals surface area contributed by atoms with Crippen molar-refractivity contribution in [3.63, 3.8) is 0 Å². The number of aryl methyl sites for hydroxylation is 1. The molecule has 0 atom stereocenters. The van der Waals surface area contributed by atoms with Gasteiger partial charge in [-0.15, -0.1) is 10.2 Å². The molecule has 31 heavy (non-hydrogen) atoms. The van der Waals surface area contributed by atoms with Crippen molar-refractivity contribution < 1.29 is 13.2 Å². The summed E-state index contributed by atoms with van der Waals surface area (Å²) in [5, 5.41) is 11.6. The number of nitrogens with one attached hydrogen (secondary N) is 1. The zero-order chi connectivity index (χ0) is 22.6. The van der Waals surface area contributed by atoms with E-state index >= 15 is 0 Å². The van der Waals surface area contributed by atoms with Crippen molar-refractivity contribution in [1.82, 2.24) is 10.2 Å². The van der Waals surface area contributed by atoms with Gasteiger partial charge in [-0.05, 0) is 42.3 Å². The van der Waals surface area contributed by atoms with Crippen LogP contribution in [0.25, 0.3) is 0 Å². The molecule has 164 valence electrons. The third-order valence-electron chi connectivity index (χ3n) is 4.20. The van der Waals surface area contributed by atoms with Gasteiger partial charge in [0.05, 0.1) is 18.5 Å². The van der Waals surface area contributed by atoms with Gasteiger partial charge in [-0.3, -0.25) is 14.4 Å². The maximum atomic E-state index is 12.5. The first-order valence-electron chi connectivity index (χ1n) is 9.56. The van der Waals surface area contributed by atoms with Crippen LogP contribution >= 0.6 is 23.1 Å². The number of aromatic nitrogens is 2. The van der Waals surface area contributed by atoms with E-state index in [1.807, 2.05) is 25.1 Å². The Morgan fingerprint density at radius 1 is 1.16 bits per heavy atom. The van der Waals surface area contributed by atoms with Gasteiger partial charge in [0.25, 0.3) is 5.91 Å². The number of rotatable bonds is 8. The third kappa shape index (κ3) is 6.52. The second-order valence-electron chi connectivity index (χ2n) is 7.30. The average molecular weight is 477 g/mol. The van der Waals surface area contributed by atoms with Gasteiger partial charge in [-0.25, -0.2) is 8.42 Å². The summed E-state index contributed by atoms with van der Waals surface area (Å²) in [6.45, 7) is 6.22. The first-order valence-corrected chi connectivity index (χ1v) is 13.1. The van der Waals surface area contributed by atoms with Gasteiger partial charge < -0.3 is 0 Å². The highest BCUT2D eigenvalue weighted by molar-refractivity contribution is 8.01. The molecule has 7 nitrogen and oxygen atoms in total. The van der Waals surface area contributed by atoms with E-state index in [4.69, 9.17) is 0 Å². The molecule has 0 bridgehead atoms. The zero-order valence-electron chi connectivity index (χ0n) is 17.7. The molecule has 0 saturated heterocycles. The summed E-state index contributed by atoms with van der Waals surface area (Å²) in [5.74, 6) is -0.289. The largest absolute Gasteiger partial charge is 0.296 e. The molecular weight excluding hydrogens is 452 g/mol. The van der Waals surface area contributed by atoms with Crippen LogP contribution in [-0.4, -0.2) is 36.0 Å². The molecule has 10 heteroatoms. The summed E-state index contributed by atoms with van der Waals surface area (Å²) in [5.41, 5.74) is 2.81. The number of carbonyl (C=O) groups excluding carboxylic acids is 1. The summed E-state index contributed by atoms with van der Waals surface area (Å²) in [4.78, 5) is 12.5. The molecule has 1 N–H and O–H groups in total. The fourth-order valence-corrected chi connectivity index (χ4v) is 5.64. The molecule has 0 radical (unpaired) electrons. The Kier molecular flexibility index (Phi) is 7.34. The molecule has 0 unspecified atom stereocenters. The van der Waals surface area contributed by atoms with E-state index in [9.17, 15) is 13.2 Å². The first-order chi connectivity index (χ1) is 14.6. The lowest BCUT2D eigenvalue weighted by atomic mass is 10.1. The van der Waals surface area contributed by atoms with Crippen molar-refractivity contribution in [3.8, 4) is 0 Å². The second kappa shape index (κ2) is 9.80. The van der Waals surface area contributed by atoms with Gasteiger partial charge in [0.1, 0.15) is 0 Å². The molecule has 1 aromatic heterocycles. The number of carbonyl (C=O) groups is 1. The van der Waals surface area contributed by atoms with Crippen LogP contribution < -0.4 is 9.62 Å². The normalized spacial score (nSPS) is 11.5. The van der Waals surface area contributed by atoms with Crippen LogP contribution in [0, 0.1) is 6.92 Å². The van der Waals surface area contributed by atoms with E-state index in [1.54, 1.807) is 42.1 Å². The van der Waals surface area contributed by atoms with E-state index in [2.05, 4.69) is 29.4 Å². The summed E-state index contributed by atoms with van der Waals surface area (Å²) in [6.07, 6.45) is 1.19. The smallest absolute Gasteiger partial charge is 0.257 e. The van der Waals surface area contributed by atoms with E-state index in [-0.39, 0.29) is 12.5 Å². The van der Waals surface area contributed by atoms with E-state index in [0.29, 0.717) is 21.6 Å². The number of thioether (sulfide) groups is 1. The lowest BCUT2D eigenvalue weighted by Gasteiger charge is -2.23. The minimum Gasteiger partial charge on any atom is -0.296 e. The maximum absolute atomic E-state index is 12.5. The van der Waals surface area contributed by atoms with Crippen LogP contribution in [0.2, 0.25) is 0 Å². The van der Waals surface area contributed by atoms with Crippen molar-refractivity contribution in [2.24, 2.45) is 0 Å². The van der Waals surface area contributed by atoms with Crippen molar-refractivity contribution in [1.29, 1.82) is 0 Å². The average Bonchev–Trinajstić information content (AvgIpc) is 3.11. The summed E-state index contributed by atoms with van der Waals surface area (Å²) in [6, 6.07) is 14.2. The summed E-state index contributed by atoms with van der Waals surface area (Å²) >= 11 is 2.92. The van der Waals surface area contributed by atoms with E-state index < -0.39 is 10.0 Å². The van der Waals surface area contributed by atoms with Crippen LogP contribution in [-0.2, 0) is 16.6 Å². The predicted molar refractivity (Wildman–Crippen MR) is 128 cm³/mol. The highest BCUT2D eigenvalue weighted by Gasteiger charge is 2.18. The fraction of sp³-hybridized carbons (Fsp3) is 0.286. The molecule has 1 heterocycles. The number of hydrogen-bond acceptors (Lipinski definition) is 7. The molecule has 0 saturated carbocycles. The minimum atomic E-state index is -3.47. The molecule has 3 aromatic rings. The number of amides is 1. The predicted octanol–water partition coefficient (Wildman–Crippen LogP) is 4.57. The number of sulfonamides is 1. The maximum Gasteiger partial charge on any atom is 0.257 e. The van der Waals surface area contributed by atoms with Gasteiger partial charge in [-0.1, -0.05) is 61.2 Å². The Hall–Kier alpha value is -2.43. The van der Waals surface area contributed by atoms with Crippen LogP contribution in [0.4, 0.5) is 10.8 Å². The number of anilines is 2. The topological polar surface area (TPSA) is 92.3 Å². The quantitative estimate of drug-likeness (QED) is 0.378. The monoisotopic (exact) mass is 476 g/mol. The van der Waals surface area contributed by atoms with Crippen LogP contribution in [0.3, 0.4) is 0 Å². The van der Waals surface area contributed by atoms with Crippen molar-refractivity contribution in [3.05, 3.63) is 65.2 Å². The van der Waals surface area contributed by atoms with Gasteiger partial charge in [0, 0.05) is 10.8 Å². The van der Waals surface area contributed by atoms with Crippen LogP contribution in [0.1, 0.15) is 35.3 Å². The standard InChI is InChI=1S/C21H24N4O3S3/c1-14(2)29-21-24-23-20(30-21)22-19(26)17-10-8-16(9-11-17)13-25(31(4,27)28)18-7-5-6-15(3)12-18/h5-12,14H,13H2,1-4H3,(H,22,23,26). The summed E-state index contributed by atoms with van der Waals surface area (Å²) < 4.78 is 26.8. The fourth-order valence-electron chi connectivity index (χ4n) is 2.79. The molecule has 0 aliphatic rings. The van der Waals surface area contributed by atoms with Crippen LogP contribution in [0.5, 0.6) is 0 Å². The molecule has 3 rings (SSSR count). The molecular formula is C21H24N4O3S3. The first kappa shape index (κ1) is 23.2. The SMILES string of the molecule is Cc1cccc(N(Cc2ccc(C(=O)Nc3nnc(SC(C)C)s3)cc2)S(C)(=O)=O)c1. The van der Waals surface area contributed by atoms with Gasteiger partial charge in [0.15, 0.2) is 4.34 Å². The number of hydrogen-bond donors (Lipinski definition) is 1. The van der Waals surface area contributed by atoms with Gasteiger partial charge in [-0.2, -0.15) is 0 Å². The Morgan fingerprint density at radius 3 is 2.48 bits per heavy atom. The molecule has 0 aliphatic carbocycles. The van der Waals surface area contributed by atoms with Crippen molar-refractivity contribution in [2.75, 3.05) is 15.9 Å². The molecule has 1 amide bonds. The molecule has 0 fully saturated rings. The van der Waals surface area contributed by atoms with Gasteiger partial charge >= 0.3 is 0 Å². The third-order valence-corrected chi connectivity index (χ3v) is 7.26. The highest BCUT2D eigenvalue weighted by atomic mass is 32.2. The van der Waals surface area contributed by atoms with Crippen LogP contribution in [0.15, 0.2) is 52.9 Å². The summed E-state index contributed by atoms with van der Waals surface area (Å²) in [7, 11) is -3.47. The number of nitrogens with zero attached hydrogens (tertiary/aromatic N) is 3. The Balaban J connectivity index is 1.71.